The Bertz CT molecular complexity index is 376. The molecule has 0 spiro atoms. The Labute approximate surface area is 95.0 Å². The molecular weight excluding hydrogens is 241 g/mol. The summed E-state index contributed by atoms with van der Waals surface area (Å²) in [6, 6.07) is -2.06. The first-order valence-corrected chi connectivity index (χ1v) is 4.83. The average Bonchev–Trinajstić information content (AvgIpc) is 2.15. The van der Waals surface area contributed by atoms with Crippen LogP contribution in [-0.4, -0.2) is 30.8 Å². The maximum absolute atomic E-state index is 12.6. The second-order valence-corrected chi connectivity index (χ2v) is 3.33. The van der Waals surface area contributed by atoms with E-state index in [9.17, 15) is 22.8 Å². The van der Waals surface area contributed by atoms with Crippen LogP contribution in [0.2, 0.25) is 0 Å². The van der Waals surface area contributed by atoms with Crippen LogP contribution in [0, 0.1) is 0 Å². The number of hydrogen-bond acceptors (Lipinski definition) is 3. The molecule has 1 aliphatic rings. The van der Waals surface area contributed by atoms with Gasteiger partial charge >= 0.3 is 18.2 Å². The smallest absolute Gasteiger partial charge is 0.432 e. The number of ether oxygens (including phenoxy) is 1. The van der Waals surface area contributed by atoms with E-state index in [0.29, 0.717) is 0 Å². The molecule has 2 amide bonds. The topological polar surface area (TPSA) is 67.4 Å². The summed E-state index contributed by atoms with van der Waals surface area (Å²) in [5.41, 5.74) is -1.99. The molecule has 0 saturated heterocycles. The van der Waals surface area contributed by atoms with Crippen molar-refractivity contribution in [3.05, 3.63) is 11.3 Å². The van der Waals surface area contributed by atoms with Crippen LogP contribution >= 0.6 is 0 Å². The van der Waals surface area contributed by atoms with E-state index in [0.717, 1.165) is 0 Å². The second-order valence-electron chi connectivity index (χ2n) is 3.33. The molecule has 8 heteroatoms. The molecule has 2 N–H and O–H groups in total. The number of allylic oxidation sites excluding steroid dienone is 1. The molecule has 0 aliphatic carbocycles. The van der Waals surface area contributed by atoms with Crippen molar-refractivity contribution in [3.8, 4) is 0 Å². The maximum atomic E-state index is 12.6. The molecule has 1 atom stereocenters. The van der Waals surface area contributed by atoms with Crippen LogP contribution in [-0.2, 0) is 9.53 Å². The predicted octanol–water partition coefficient (Wildman–Crippen LogP) is 1.07. The molecule has 0 fully saturated rings. The number of hydrogen-bond donors (Lipinski definition) is 2. The number of carbonyl (C=O) groups excluding carboxylic acids is 2. The number of esters is 1. The minimum Gasteiger partial charge on any atom is -0.463 e. The van der Waals surface area contributed by atoms with Crippen molar-refractivity contribution in [2.45, 2.75) is 26.1 Å². The van der Waals surface area contributed by atoms with Gasteiger partial charge in [0.25, 0.3) is 0 Å². The van der Waals surface area contributed by atoms with E-state index in [-0.39, 0.29) is 6.61 Å². The predicted molar refractivity (Wildman–Crippen MR) is 50.8 cm³/mol. The van der Waals surface area contributed by atoms with Gasteiger partial charge in [-0.3, -0.25) is 0 Å². The van der Waals surface area contributed by atoms with Crippen LogP contribution in [0.15, 0.2) is 11.3 Å². The first-order chi connectivity index (χ1) is 7.77. The summed E-state index contributed by atoms with van der Waals surface area (Å²) in [5, 5.41) is 3.74. The molecular formula is C9H11F3N2O3. The molecule has 0 bridgehead atoms. The maximum Gasteiger partial charge on any atom is 0.432 e. The number of nitrogens with one attached hydrogen (secondary N) is 2. The Hall–Kier alpha value is -1.73. The lowest BCUT2D eigenvalue weighted by Crippen LogP contribution is -2.52. The molecule has 0 aromatic rings. The van der Waals surface area contributed by atoms with Gasteiger partial charge in [0, 0.05) is 0 Å². The fraction of sp³-hybridized carbons (Fsp3) is 0.556. The first kappa shape index (κ1) is 13.3. The van der Waals surface area contributed by atoms with E-state index < -0.39 is 35.5 Å². The molecule has 17 heavy (non-hydrogen) atoms. The van der Waals surface area contributed by atoms with Gasteiger partial charge < -0.3 is 15.4 Å². The van der Waals surface area contributed by atoms with E-state index in [2.05, 4.69) is 10.1 Å². The third-order valence-corrected chi connectivity index (χ3v) is 2.07. The Morgan fingerprint density at radius 3 is 2.53 bits per heavy atom. The van der Waals surface area contributed by atoms with Crippen molar-refractivity contribution >= 4 is 12.0 Å². The van der Waals surface area contributed by atoms with Gasteiger partial charge in [-0.1, -0.05) is 0 Å². The molecule has 1 rings (SSSR count). The molecule has 0 aromatic carbocycles. The standard InChI is InChI=1S/C9H11F3N2O3/c1-3-17-7(15)5-4(2)13-8(16)14-6(5)9(10,11)12/h4H,3H2,1-2H3,(H2,13,14,16). The zero-order valence-corrected chi connectivity index (χ0v) is 9.14. The van der Waals surface area contributed by atoms with E-state index in [1.165, 1.54) is 13.8 Å². The van der Waals surface area contributed by atoms with Crippen molar-refractivity contribution in [1.82, 2.24) is 10.6 Å². The Morgan fingerprint density at radius 2 is 2.06 bits per heavy atom. The highest BCUT2D eigenvalue weighted by atomic mass is 19.4. The first-order valence-electron chi connectivity index (χ1n) is 4.83. The van der Waals surface area contributed by atoms with Gasteiger partial charge in [-0.2, -0.15) is 13.2 Å². The van der Waals surface area contributed by atoms with Crippen LogP contribution in [0.4, 0.5) is 18.0 Å². The molecule has 1 aliphatic heterocycles. The normalized spacial score (nSPS) is 20.8. The average molecular weight is 252 g/mol. The summed E-state index contributed by atoms with van der Waals surface area (Å²) in [5.74, 6) is -1.10. The summed E-state index contributed by atoms with van der Waals surface area (Å²) in [6.45, 7) is 2.70. The van der Waals surface area contributed by atoms with Gasteiger partial charge in [0.05, 0.1) is 18.2 Å². The third kappa shape index (κ3) is 2.89. The lowest BCUT2D eigenvalue weighted by atomic mass is 10.0. The monoisotopic (exact) mass is 252 g/mol. The molecule has 1 heterocycles. The number of alkyl halides is 3. The van der Waals surface area contributed by atoms with E-state index >= 15 is 0 Å². The van der Waals surface area contributed by atoms with E-state index in [1.807, 2.05) is 0 Å². The van der Waals surface area contributed by atoms with Gasteiger partial charge in [0.2, 0.25) is 0 Å². The zero-order valence-electron chi connectivity index (χ0n) is 9.14. The van der Waals surface area contributed by atoms with Gasteiger partial charge in [-0.25, -0.2) is 9.59 Å². The van der Waals surface area contributed by atoms with Gasteiger partial charge in [-0.15, -0.1) is 0 Å². The van der Waals surface area contributed by atoms with Crippen molar-refractivity contribution in [1.29, 1.82) is 0 Å². The summed E-state index contributed by atoms with van der Waals surface area (Å²) in [6.07, 6.45) is -4.81. The van der Waals surface area contributed by atoms with E-state index in [4.69, 9.17) is 0 Å². The lowest BCUT2D eigenvalue weighted by molar-refractivity contribution is -0.140. The number of carbonyl (C=O) groups is 2. The highest BCUT2D eigenvalue weighted by Crippen LogP contribution is 2.29. The Morgan fingerprint density at radius 1 is 1.47 bits per heavy atom. The molecule has 0 saturated carbocycles. The van der Waals surface area contributed by atoms with Crippen LogP contribution in [0.3, 0.4) is 0 Å². The van der Waals surface area contributed by atoms with Crippen LogP contribution in [0.25, 0.3) is 0 Å². The second kappa shape index (κ2) is 4.64. The van der Waals surface area contributed by atoms with Crippen LogP contribution in [0.5, 0.6) is 0 Å². The molecule has 0 radical (unpaired) electrons. The lowest BCUT2D eigenvalue weighted by Gasteiger charge is -2.27. The minimum absolute atomic E-state index is 0.0475. The van der Waals surface area contributed by atoms with Crippen LogP contribution in [0.1, 0.15) is 13.8 Å². The molecule has 1 unspecified atom stereocenters. The van der Waals surface area contributed by atoms with Crippen molar-refractivity contribution < 1.29 is 27.5 Å². The van der Waals surface area contributed by atoms with Gasteiger partial charge in [0.15, 0.2) is 0 Å². The molecule has 96 valence electrons. The van der Waals surface area contributed by atoms with Gasteiger partial charge in [-0.05, 0) is 13.8 Å². The number of urea groups is 1. The van der Waals surface area contributed by atoms with Crippen molar-refractivity contribution in [2.75, 3.05) is 6.61 Å². The highest BCUT2D eigenvalue weighted by molar-refractivity contribution is 5.94. The largest absolute Gasteiger partial charge is 0.463 e. The SMILES string of the molecule is CCOC(=O)C1=C(C(F)(F)F)NC(=O)NC1C. The molecule has 5 nitrogen and oxygen atoms in total. The summed E-state index contributed by atoms with van der Waals surface area (Å²) in [4.78, 5) is 22.3. The summed E-state index contributed by atoms with van der Waals surface area (Å²) in [7, 11) is 0. The van der Waals surface area contributed by atoms with Crippen molar-refractivity contribution in [2.24, 2.45) is 0 Å². The fourth-order valence-corrected chi connectivity index (χ4v) is 1.41. The Kier molecular flexibility index (Phi) is 3.64. The number of rotatable bonds is 2. The minimum atomic E-state index is -4.81. The van der Waals surface area contributed by atoms with Gasteiger partial charge in [0.1, 0.15) is 5.70 Å². The third-order valence-electron chi connectivity index (χ3n) is 2.07. The fourth-order valence-electron chi connectivity index (χ4n) is 1.41. The number of halogens is 3. The Balaban J connectivity index is 3.21. The zero-order chi connectivity index (χ0) is 13.2. The highest BCUT2D eigenvalue weighted by Gasteiger charge is 2.44. The summed E-state index contributed by atoms with van der Waals surface area (Å²) < 4.78 is 42.4. The van der Waals surface area contributed by atoms with Crippen molar-refractivity contribution in [3.63, 3.8) is 0 Å². The summed E-state index contributed by atoms with van der Waals surface area (Å²) >= 11 is 0. The van der Waals surface area contributed by atoms with Crippen LogP contribution < -0.4 is 10.6 Å². The molecule has 0 aromatic heterocycles. The quantitative estimate of drug-likeness (QED) is 0.722. The van der Waals surface area contributed by atoms with E-state index in [1.54, 1.807) is 5.32 Å². The number of amides is 2.